The van der Waals surface area contributed by atoms with Gasteiger partial charge in [-0.15, -0.1) is 11.3 Å². The minimum Gasteiger partial charge on any atom is -0.397 e. The summed E-state index contributed by atoms with van der Waals surface area (Å²) in [5.41, 5.74) is 6.67. The SMILES string of the molecule is CC(C)N(C)CCNC(=O)c1sc2ccc(Br)cc2c1N. The summed E-state index contributed by atoms with van der Waals surface area (Å²) in [7, 11) is 2.04. The third-order valence-corrected chi connectivity index (χ3v) is 5.20. The van der Waals surface area contributed by atoms with Gasteiger partial charge in [0.05, 0.1) is 5.69 Å². The zero-order valence-corrected chi connectivity index (χ0v) is 14.8. The van der Waals surface area contributed by atoms with Crippen LogP contribution in [0.15, 0.2) is 22.7 Å². The third-order valence-electron chi connectivity index (χ3n) is 3.53. The van der Waals surface area contributed by atoms with E-state index in [1.807, 2.05) is 25.2 Å². The van der Waals surface area contributed by atoms with Gasteiger partial charge in [0.15, 0.2) is 0 Å². The molecule has 21 heavy (non-hydrogen) atoms. The Morgan fingerprint density at radius 1 is 1.48 bits per heavy atom. The lowest BCUT2D eigenvalue weighted by Crippen LogP contribution is -2.36. The van der Waals surface area contributed by atoms with Gasteiger partial charge in [-0.25, -0.2) is 0 Å². The molecule has 1 heterocycles. The zero-order valence-electron chi connectivity index (χ0n) is 12.4. The molecule has 0 fully saturated rings. The zero-order chi connectivity index (χ0) is 15.6. The highest BCUT2D eigenvalue weighted by Crippen LogP contribution is 2.35. The first-order chi connectivity index (χ1) is 9.90. The molecular formula is C15H20BrN3OS. The highest BCUT2D eigenvalue weighted by Gasteiger charge is 2.16. The molecule has 0 aliphatic rings. The quantitative estimate of drug-likeness (QED) is 0.849. The van der Waals surface area contributed by atoms with Crippen LogP contribution in [0.1, 0.15) is 23.5 Å². The van der Waals surface area contributed by atoms with Crippen LogP contribution in [0, 0.1) is 0 Å². The molecule has 4 nitrogen and oxygen atoms in total. The maximum atomic E-state index is 12.3. The summed E-state index contributed by atoms with van der Waals surface area (Å²) in [6.07, 6.45) is 0. The first kappa shape index (κ1) is 16.3. The number of halogens is 1. The molecule has 0 spiro atoms. The molecule has 2 rings (SSSR count). The van der Waals surface area contributed by atoms with Crippen LogP contribution in [0.5, 0.6) is 0 Å². The van der Waals surface area contributed by atoms with Crippen molar-refractivity contribution in [1.29, 1.82) is 0 Å². The summed E-state index contributed by atoms with van der Waals surface area (Å²) in [4.78, 5) is 15.0. The topological polar surface area (TPSA) is 58.4 Å². The second kappa shape index (κ2) is 6.77. The molecule has 0 saturated carbocycles. The van der Waals surface area contributed by atoms with Crippen molar-refractivity contribution < 1.29 is 4.79 Å². The number of nitrogens with one attached hydrogen (secondary N) is 1. The summed E-state index contributed by atoms with van der Waals surface area (Å²) in [5.74, 6) is -0.0954. The Labute approximate surface area is 137 Å². The number of fused-ring (bicyclic) bond motifs is 1. The van der Waals surface area contributed by atoms with E-state index in [0.717, 1.165) is 21.1 Å². The van der Waals surface area contributed by atoms with E-state index in [-0.39, 0.29) is 5.91 Å². The lowest BCUT2D eigenvalue weighted by atomic mass is 10.2. The molecule has 1 aromatic carbocycles. The van der Waals surface area contributed by atoms with Gasteiger partial charge in [-0.1, -0.05) is 15.9 Å². The normalized spacial score (nSPS) is 11.5. The number of thiophene rings is 1. The van der Waals surface area contributed by atoms with Crippen molar-refractivity contribution in [2.45, 2.75) is 19.9 Å². The Morgan fingerprint density at radius 2 is 2.19 bits per heavy atom. The Bertz CT molecular complexity index is 654. The van der Waals surface area contributed by atoms with Crippen molar-refractivity contribution in [3.05, 3.63) is 27.5 Å². The minimum absolute atomic E-state index is 0.0954. The van der Waals surface area contributed by atoms with E-state index >= 15 is 0 Å². The molecule has 2 aromatic rings. The Balaban J connectivity index is 2.08. The minimum atomic E-state index is -0.0954. The Hall–Kier alpha value is -1.11. The van der Waals surface area contributed by atoms with Crippen LogP contribution < -0.4 is 11.1 Å². The van der Waals surface area contributed by atoms with E-state index in [0.29, 0.717) is 23.2 Å². The number of nitrogen functional groups attached to an aromatic ring is 1. The number of rotatable bonds is 5. The van der Waals surface area contributed by atoms with Gasteiger partial charge in [-0.3, -0.25) is 4.79 Å². The maximum Gasteiger partial charge on any atom is 0.263 e. The van der Waals surface area contributed by atoms with Crippen LogP contribution in [0.3, 0.4) is 0 Å². The molecule has 1 aromatic heterocycles. The van der Waals surface area contributed by atoms with Crippen LogP contribution in [-0.4, -0.2) is 37.0 Å². The highest BCUT2D eigenvalue weighted by atomic mass is 79.9. The van der Waals surface area contributed by atoms with E-state index < -0.39 is 0 Å². The van der Waals surface area contributed by atoms with Crippen molar-refractivity contribution in [2.75, 3.05) is 25.9 Å². The fourth-order valence-corrected chi connectivity index (χ4v) is 3.32. The highest BCUT2D eigenvalue weighted by molar-refractivity contribution is 9.10. The van der Waals surface area contributed by atoms with Crippen LogP contribution in [0.4, 0.5) is 5.69 Å². The van der Waals surface area contributed by atoms with Gasteiger partial charge in [0.25, 0.3) is 5.91 Å². The number of carbonyl (C=O) groups is 1. The van der Waals surface area contributed by atoms with Gasteiger partial charge in [0.1, 0.15) is 4.88 Å². The fourth-order valence-electron chi connectivity index (χ4n) is 1.94. The first-order valence-corrected chi connectivity index (χ1v) is 8.47. The number of likely N-dealkylation sites (N-methyl/N-ethyl adjacent to an activating group) is 1. The standard InChI is InChI=1S/C15H20BrN3OS/c1-9(2)19(3)7-6-18-15(20)14-13(17)11-8-10(16)4-5-12(11)21-14/h4-5,8-9H,6-7,17H2,1-3H3,(H,18,20). The second-order valence-electron chi connectivity index (χ2n) is 5.32. The number of benzene rings is 1. The second-order valence-corrected chi connectivity index (χ2v) is 7.28. The average Bonchev–Trinajstić information content (AvgIpc) is 2.75. The molecule has 0 aliphatic carbocycles. The van der Waals surface area contributed by atoms with Gasteiger partial charge in [-0.05, 0) is 39.1 Å². The smallest absolute Gasteiger partial charge is 0.263 e. The summed E-state index contributed by atoms with van der Waals surface area (Å²) in [5, 5.41) is 3.87. The van der Waals surface area contributed by atoms with Crippen molar-refractivity contribution >= 4 is 48.9 Å². The van der Waals surface area contributed by atoms with E-state index in [4.69, 9.17) is 5.73 Å². The molecule has 0 atom stereocenters. The van der Waals surface area contributed by atoms with Crippen LogP contribution in [0.2, 0.25) is 0 Å². The van der Waals surface area contributed by atoms with E-state index in [1.165, 1.54) is 11.3 Å². The lowest BCUT2D eigenvalue weighted by Gasteiger charge is -2.20. The molecule has 0 bridgehead atoms. The van der Waals surface area contributed by atoms with Gasteiger partial charge >= 0.3 is 0 Å². The van der Waals surface area contributed by atoms with Crippen molar-refractivity contribution in [3.63, 3.8) is 0 Å². The molecule has 114 valence electrons. The van der Waals surface area contributed by atoms with Crippen molar-refractivity contribution in [2.24, 2.45) is 0 Å². The van der Waals surface area contributed by atoms with Gasteiger partial charge < -0.3 is 16.0 Å². The lowest BCUT2D eigenvalue weighted by molar-refractivity contribution is 0.0953. The molecule has 0 aliphatic heterocycles. The number of hydrogen-bond acceptors (Lipinski definition) is 4. The maximum absolute atomic E-state index is 12.3. The van der Waals surface area contributed by atoms with Crippen LogP contribution >= 0.6 is 27.3 Å². The Morgan fingerprint density at radius 3 is 2.86 bits per heavy atom. The fraction of sp³-hybridized carbons (Fsp3) is 0.400. The molecule has 0 unspecified atom stereocenters. The van der Waals surface area contributed by atoms with E-state index in [2.05, 4.69) is 40.0 Å². The number of hydrogen-bond donors (Lipinski definition) is 2. The molecule has 0 saturated heterocycles. The molecule has 3 N–H and O–H groups in total. The van der Waals surface area contributed by atoms with E-state index in [9.17, 15) is 4.79 Å². The molecule has 6 heteroatoms. The monoisotopic (exact) mass is 369 g/mol. The van der Waals surface area contributed by atoms with Crippen LogP contribution in [0.25, 0.3) is 10.1 Å². The van der Waals surface area contributed by atoms with Gasteiger partial charge in [0.2, 0.25) is 0 Å². The van der Waals surface area contributed by atoms with Crippen molar-refractivity contribution in [1.82, 2.24) is 10.2 Å². The number of carbonyl (C=O) groups excluding carboxylic acids is 1. The number of amides is 1. The van der Waals surface area contributed by atoms with Gasteiger partial charge in [-0.2, -0.15) is 0 Å². The van der Waals surface area contributed by atoms with Crippen molar-refractivity contribution in [3.8, 4) is 0 Å². The molecule has 0 radical (unpaired) electrons. The summed E-state index contributed by atoms with van der Waals surface area (Å²) >= 11 is 4.86. The van der Waals surface area contributed by atoms with E-state index in [1.54, 1.807) is 0 Å². The summed E-state index contributed by atoms with van der Waals surface area (Å²) in [6.45, 7) is 5.69. The average molecular weight is 370 g/mol. The predicted molar refractivity (Wildman–Crippen MR) is 94.0 cm³/mol. The first-order valence-electron chi connectivity index (χ1n) is 6.86. The molecule has 1 amide bonds. The van der Waals surface area contributed by atoms with Gasteiger partial charge in [0, 0.05) is 33.7 Å². The third kappa shape index (κ3) is 3.75. The molecular weight excluding hydrogens is 350 g/mol. The largest absolute Gasteiger partial charge is 0.397 e. The predicted octanol–water partition coefficient (Wildman–Crippen LogP) is 3.32. The number of nitrogens with zero attached hydrogens (tertiary/aromatic N) is 1. The Kier molecular flexibility index (Phi) is 5.24. The number of nitrogens with two attached hydrogens (primary N) is 1. The van der Waals surface area contributed by atoms with Crippen LogP contribution in [-0.2, 0) is 0 Å². The summed E-state index contributed by atoms with van der Waals surface area (Å²) in [6, 6.07) is 6.35. The summed E-state index contributed by atoms with van der Waals surface area (Å²) < 4.78 is 1.99. The number of anilines is 1.